The summed E-state index contributed by atoms with van der Waals surface area (Å²) in [4.78, 5) is 26.9. The lowest BCUT2D eigenvalue weighted by molar-refractivity contribution is -0.0193. The van der Waals surface area contributed by atoms with Crippen LogP contribution in [0.25, 0.3) is 0 Å². The third kappa shape index (κ3) is 7.87. The van der Waals surface area contributed by atoms with Crippen LogP contribution in [0.2, 0.25) is 0 Å². The monoisotopic (exact) mass is 928 g/mol. The number of carbonyl (C=O) groups is 2. The fraction of sp³-hybridized carbons (Fsp3) is 0.156. The molecule has 348 valence electrons. The van der Waals surface area contributed by atoms with E-state index >= 15 is 0 Å². The Bertz CT molecular complexity index is 2960. The van der Waals surface area contributed by atoms with Crippen molar-refractivity contribution in [2.24, 2.45) is 0 Å². The molecule has 6 aromatic carbocycles. The van der Waals surface area contributed by atoms with Crippen LogP contribution in [0.4, 0.5) is 0 Å². The number of hydrogen-bond acceptors (Lipinski definition) is 22. The number of benzene rings is 6. The average molecular weight is 929 g/mol. The zero-order valence-electron chi connectivity index (χ0n) is 33.8. The minimum atomic E-state index is -1.57. The van der Waals surface area contributed by atoms with Crippen LogP contribution in [0.5, 0.6) is 103 Å². The number of hydrogen-bond donors (Lipinski definition) is 16. The molecule has 0 spiro atoms. The molecule has 0 fully saturated rings. The molecule has 22 heteroatoms. The van der Waals surface area contributed by atoms with Gasteiger partial charge in [-0.3, -0.25) is 0 Å². The van der Waals surface area contributed by atoms with Gasteiger partial charge in [0.05, 0.1) is 11.1 Å². The van der Waals surface area contributed by atoms with E-state index in [9.17, 15) is 91.3 Å². The van der Waals surface area contributed by atoms with Gasteiger partial charge < -0.3 is 101 Å². The first kappa shape index (κ1) is 44.3. The van der Waals surface area contributed by atoms with E-state index in [0.29, 0.717) is 0 Å². The second-order valence-electron chi connectivity index (χ2n) is 15.5. The van der Waals surface area contributed by atoms with Crippen molar-refractivity contribution in [2.45, 2.75) is 43.7 Å². The molecule has 0 aromatic heterocycles. The Morgan fingerprint density at radius 1 is 0.418 bits per heavy atom. The van der Waals surface area contributed by atoms with Crippen molar-refractivity contribution < 1.29 is 110 Å². The Balaban J connectivity index is 1.19. The average Bonchev–Trinajstić information content (AvgIpc) is 3.27. The molecule has 16 N–H and O–H groups in total. The first-order valence-electron chi connectivity index (χ1n) is 19.5. The van der Waals surface area contributed by atoms with Crippen LogP contribution in [-0.4, -0.2) is 106 Å². The van der Waals surface area contributed by atoms with Gasteiger partial charge in [0.1, 0.15) is 46.7 Å². The lowest BCUT2D eigenvalue weighted by Crippen LogP contribution is -2.35. The van der Waals surface area contributed by atoms with Crippen molar-refractivity contribution in [3.8, 4) is 103 Å². The molecule has 4 atom stereocenters. The largest absolute Gasteiger partial charge is 0.507 e. The second-order valence-corrected chi connectivity index (χ2v) is 15.5. The SMILES string of the molecule is O=C(O[C@@H]1Cc2c(cc(O)c(Cc3c(O)cc(O)c4c3O[C@@H](c3cc(O)c(O)c(O)c3)[C@H](OC(=O)c3cc(O)c(O)c(O)c3)C4)c2O)O[C@@H]1c1cc(O)c(O)c(O)c1)c1cc(O)c(O)c(O)c1. The third-order valence-corrected chi connectivity index (χ3v) is 11.2. The molecule has 6 aromatic rings. The Hall–Kier alpha value is -9.34. The standard InChI is InChI=1S/C45H36O22/c46-22-12-23(47)20-10-34(65-44(62)16-5-29(53)39(60)30(54)6-16)42(15-3-27(51)38(59)28(52)4-15)67-43(20)19(22)9-18-24(48)13-33-21(36(18)57)11-35(41(64-33)14-1-25(49)37(58)26(50)2-14)66-45(63)17-7-31(55)40(61)32(56)8-17/h1-8,12-13,34-35,41-42,46-61H,9-11H2/t34-,35-,41-,42+/m1/s1. The van der Waals surface area contributed by atoms with Crippen LogP contribution >= 0.6 is 0 Å². The summed E-state index contributed by atoms with van der Waals surface area (Å²) in [5, 5.41) is 167. The third-order valence-electron chi connectivity index (χ3n) is 11.2. The summed E-state index contributed by atoms with van der Waals surface area (Å²) in [7, 11) is 0. The van der Waals surface area contributed by atoms with Crippen LogP contribution in [0.3, 0.4) is 0 Å². The lowest BCUT2D eigenvalue weighted by Gasteiger charge is -2.36. The number of ether oxygens (including phenoxy) is 4. The fourth-order valence-electron chi connectivity index (χ4n) is 7.84. The topological polar surface area (TPSA) is 395 Å². The van der Waals surface area contributed by atoms with Crippen LogP contribution < -0.4 is 9.47 Å². The maximum absolute atomic E-state index is 13.4. The number of aromatic hydroxyl groups is 16. The molecule has 0 unspecified atom stereocenters. The van der Waals surface area contributed by atoms with Crippen molar-refractivity contribution in [1.29, 1.82) is 0 Å². The quantitative estimate of drug-likeness (QED) is 0.0744. The predicted octanol–water partition coefficient (Wildman–Crippen LogP) is 4.37. The van der Waals surface area contributed by atoms with Gasteiger partial charge in [0.25, 0.3) is 0 Å². The van der Waals surface area contributed by atoms with Crippen molar-refractivity contribution >= 4 is 11.9 Å². The molecule has 8 rings (SSSR count). The second kappa shape index (κ2) is 16.3. The summed E-state index contributed by atoms with van der Waals surface area (Å²) in [6.07, 6.45) is -7.64. The molecule has 0 aliphatic carbocycles. The first-order chi connectivity index (χ1) is 31.6. The Kier molecular flexibility index (Phi) is 10.8. The van der Waals surface area contributed by atoms with Crippen molar-refractivity contribution in [1.82, 2.24) is 0 Å². The van der Waals surface area contributed by atoms with Crippen molar-refractivity contribution in [3.63, 3.8) is 0 Å². The number of esters is 2. The van der Waals surface area contributed by atoms with Gasteiger partial charge in [-0.2, -0.15) is 0 Å². The van der Waals surface area contributed by atoms with E-state index in [1.54, 1.807) is 0 Å². The molecule has 67 heavy (non-hydrogen) atoms. The molecule has 0 bridgehead atoms. The van der Waals surface area contributed by atoms with E-state index in [4.69, 9.17) is 18.9 Å². The highest BCUT2D eigenvalue weighted by Crippen LogP contribution is 2.52. The van der Waals surface area contributed by atoms with Gasteiger partial charge >= 0.3 is 11.9 Å². The summed E-state index contributed by atoms with van der Waals surface area (Å²) in [6.45, 7) is 0. The van der Waals surface area contributed by atoms with Crippen LogP contribution in [0, 0.1) is 0 Å². The predicted molar refractivity (Wildman–Crippen MR) is 221 cm³/mol. The van der Waals surface area contributed by atoms with E-state index in [2.05, 4.69) is 0 Å². The number of carbonyl (C=O) groups excluding carboxylic acids is 2. The van der Waals surface area contributed by atoms with E-state index in [-0.39, 0.29) is 44.9 Å². The van der Waals surface area contributed by atoms with Crippen LogP contribution in [0.15, 0.2) is 60.7 Å². The fourth-order valence-corrected chi connectivity index (χ4v) is 7.84. The highest BCUT2D eigenvalue weighted by atomic mass is 16.6. The van der Waals surface area contributed by atoms with Gasteiger partial charge in [-0.25, -0.2) is 9.59 Å². The Morgan fingerprint density at radius 2 is 0.791 bits per heavy atom. The molecule has 0 saturated heterocycles. The number of rotatable bonds is 8. The smallest absolute Gasteiger partial charge is 0.338 e. The molecule has 22 nitrogen and oxygen atoms in total. The Morgan fingerprint density at radius 3 is 1.22 bits per heavy atom. The summed E-state index contributed by atoms with van der Waals surface area (Å²) in [6, 6.07) is 8.85. The molecule has 0 saturated carbocycles. The van der Waals surface area contributed by atoms with E-state index in [1.807, 2.05) is 0 Å². The van der Waals surface area contributed by atoms with Gasteiger partial charge in [-0.1, -0.05) is 0 Å². The molecule has 0 amide bonds. The highest BCUT2D eigenvalue weighted by Gasteiger charge is 2.41. The van der Waals surface area contributed by atoms with E-state index in [1.165, 1.54) is 0 Å². The van der Waals surface area contributed by atoms with Gasteiger partial charge in [0.15, 0.2) is 81.2 Å². The van der Waals surface area contributed by atoms with Gasteiger partial charge in [-0.15, -0.1) is 0 Å². The maximum atomic E-state index is 13.4. The normalized spacial score (nSPS) is 17.3. The zero-order chi connectivity index (χ0) is 48.5. The maximum Gasteiger partial charge on any atom is 0.338 e. The van der Waals surface area contributed by atoms with Crippen LogP contribution in [0.1, 0.15) is 66.3 Å². The van der Waals surface area contributed by atoms with Gasteiger partial charge in [0, 0.05) is 64.8 Å². The van der Waals surface area contributed by atoms with Gasteiger partial charge in [-0.05, 0) is 48.5 Å². The summed E-state index contributed by atoms with van der Waals surface area (Å²) in [5.41, 5.74) is -2.01. The van der Waals surface area contributed by atoms with E-state index in [0.717, 1.165) is 60.7 Å². The lowest BCUT2D eigenvalue weighted by atomic mass is 9.88. The minimum Gasteiger partial charge on any atom is -0.507 e. The van der Waals surface area contributed by atoms with Crippen molar-refractivity contribution in [3.05, 3.63) is 105 Å². The van der Waals surface area contributed by atoms with Crippen LogP contribution in [-0.2, 0) is 28.7 Å². The minimum absolute atomic E-state index is 0.0957. The Labute approximate surface area is 373 Å². The molecule has 0 radical (unpaired) electrons. The number of phenols is 16. The molecular weight excluding hydrogens is 892 g/mol. The molecule has 2 aliphatic heterocycles. The molecular formula is C45H36O22. The highest BCUT2D eigenvalue weighted by molar-refractivity contribution is 5.92. The summed E-state index contributed by atoms with van der Waals surface area (Å²) >= 11 is 0. The van der Waals surface area contributed by atoms with E-state index < -0.39 is 159 Å². The number of fused-ring (bicyclic) bond motifs is 2. The first-order valence-corrected chi connectivity index (χ1v) is 19.5. The van der Waals surface area contributed by atoms with Crippen molar-refractivity contribution in [2.75, 3.05) is 0 Å². The zero-order valence-corrected chi connectivity index (χ0v) is 33.8. The number of phenolic OH excluding ortho intramolecular Hbond substituents is 16. The molecule has 2 heterocycles. The van der Waals surface area contributed by atoms with Gasteiger partial charge in [0.2, 0.25) is 0 Å². The molecule has 2 aliphatic rings. The summed E-state index contributed by atoms with van der Waals surface area (Å²) in [5.74, 6) is -16.2. The summed E-state index contributed by atoms with van der Waals surface area (Å²) < 4.78 is 23.7.